The zero-order valence-corrected chi connectivity index (χ0v) is 11.7. The van der Waals surface area contributed by atoms with Crippen molar-refractivity contribution in [3.8, 4) is 5.75 Å². The smallest absolute Gasteiger partial charge is 0.133 e. The van der Waals surface area contributed by atoms with Crippen molar-refractivity contribution in [2.45, 2.75) is 12.5 Å². The molecule has 1 aromatic heterocycles. The highest BCUT2D eigenvalue weighted by atomic mass is 79.9. The second-order valence-corrected chi connectivity index (χ2v) is 5.41. The predicted octanol–water partition coefficient (Wildman–Crippen LogP) is 3.19. The number of halogens is 1. The molecular weight excluding hydrogens is 302 g/mol. The molecule has 0 spiro atoms. The SMILES string of the molecule is COc1ccc(C(O)Cc2cncs2)cc1Br. The Morgan fingerprint density at radius 1 is 1.53 bits per heavy atom. The molecular formula is C12H12BrNO2S. The lowest BCUT2D eigenvalue weighted by Gasteiger charge is -2.11. The lowest BCUT2D eigenvalue weighted by molar-refractivity contribution is 0.179. The van der Waals surface area contributed by atoms with Gasteiger partial charge in [0.1, 0.15) is 5.75 Å². The van der Waals surface area contributed by atoms with Gasteiger partial charge in [0.2, 0.25) is 0 Å². The molecule has 3 nitrogen and oxygen atoms in total. The van der Waals surface area contributed by atoms with E-state index in [0.29, 0.717) is 6.42 Å². The van der Waals surface area contributed by atoms with Gasteiger partial charge in [-0.2, -0.15) is 0 Å². The van der Waals surface area contributed by atoms with Crippen LogP contribution in [0.3, 0.4) is 0 Å². The molecule has 1 unspecified atom stereocenters. The molecule has 0 saturated heterocycles. The van der Waals surface area contributed by atoms with Gasteiger partial charge in [-0.25, -0.2) is 0 Å². The molecule has 0 radical (unpaired) electrons. The number of ether oxygens (including phenoxy) is 1. The van der Waals surface area contributed by atoms with Crippen molar-refractivity contribution in [3.63, 3.8) is 0 Å². The molecule has 1 aromatic carbocycles. The fraction of sp³-hybridized carbons (Fsp3) is 0.250. The first kappa shape index (κ1) is 12.5. The second-order valence-electron chi connectivity index (χ2n) is 3.58. The van der Waals surface area contributed by atoms with Crippen LogP contribution in [0.15, 0.2) is 34.4 Å². The first-order chi connectivity index (χ1) is 8.20. The van der Waals surface area contributed by atoms with Crippen LogP contribution in [-0.4, -0.2) is 17.2 Å². The van der Waals surface area contributed by atoms with E-state index in [2.05, 4.69) is 20.9 Å². The van der Waals surface area contributed by atoms with Gasteiger partial charge >= 0.3 is 0 Å². The van der Waals surface area contributed by atoms with Gasteiger partial charge < -0.3 is 9.84 Å². The number of hydrogen-bond donors (Lipinski definition) is 1. The lowest BCUT2D eigenvalue weighted by atomic mass is 10.1. The van der Waals surface area contributed by atoms with E-state index in [0.717, 1.165) is 20.7 Å². The van der Waals surface area contributed by atoms with Crippen LogP contribution >= 0.6 is 27.3 Å². The second kappa shape index (κ2) is 5.62. The zero-order valence-electron chi connectivity index (χ0n) is 9.26. The molecule has 1 atom stereocenters. The van der Waals surface area contributed by atoms with E-state index in [4.69, 9.17) is 4.74 Å². The minimum absolute atomic E-state index is 0.516. The predicted molar refractivity (Wildman–Crippen MR) is 71.5 cm³/mol. The average molecular weight is 314 g/mol. The number of nitrogens with zero attached hydrogens (tertiary/aromatic N) is 1. The first-order valence-electron chi connectivity index (χ1n) is 5.09. The summed E-state index contributed by atoms with van der Waals surface area (Å²) < 4.78 is 6.00. The third-order valence-corrected chi connectivity index (χ3v) is 3.86. The maximum absolute atomic E-state index is 10.1. The number of methoxy groups -OCH3 is 1. The molecule has 0 saturated carbocycles. The Kier molecular flexibility index (Phi) is 4.15. The van der Waals surface area contributed by atoms with Crippen LogP contribution in [0.5, 0.6) is 5.75 Å². The third-order valence-electron chi connectivity index (χ3n) is 2.44. The van der Waals surface area contributed by atoms with Crippen molar-refractivity contribution in [1.29, 1.82) is 0 Å². The van der Waals surface area contributed by atoms with Gasteiger partial charge in [-0.3, -0.25) is 4.98 Å². The van der Waals surface area contributed by atoms with Gasteiger partial charge in [-0.15, -0.1) is 11.3 Å². The molecule has 0 aliphatic heterocycles. The number of rotatable bonds is 4. The van der Waals surface area contributed by atoms with Crippen LogP contribution in [0.2, 0.25) is 0 Å². The monoisotopic (exact) mass is 313 g/mol. The topological polar surface area (TPSA) is 42.4 Å². The summed E-state index contributed by atoms with van der Waals surface area (Å²) in [5, 5.41) is 10.1. The highest BCUT2D eigenvalue weighted by Crippen LogP contribution is 2.29. The summed E-state index contributed by atoms with van der Waals surface area (Å²) in [6, 6.07) is 5.59. The van der Waals surface area contributed by atoms with E-state index < -0.39 is 6.10 Å². The number of benzene rings is 1. The largest absolute Gasteiger partial charge is 0.496 e. The Hall–Kier alpha value is -0.910. The molecule has 17 heavy (non-hydrogen) atoms. The molecule has 90 valence electrons. The zero-order chi connectivity index (χ0) is 12.3. The number of thiazole rings is 1. The molecule has 5 heteroatoms. The Labute approximate surface area is 112 Å². The minimum atomic E-state index is -0.516. The first-order valence-corrected chi connectivity index (χ1v) is 6.77. The van der Waals surface area contributed by atoms with Gasteiger partial charge in [-0.05, 0) is 33.6 Å². The molecule has 0 bridgehead atoms. The van der Waals surface area contributed by atoms with Crippen LogP contribution in [0.4, 0.5) is 0 Å². The Morgan fingerprint density at radius 3 is 2.94 bits per heavy atom. The lowest BCUT2D eigenvalue weighted by Crippen LogP contribution is -2.00. The van der Waals surface area contributed by atoms with Gasteiger partial charge in [0.05, 0.1) is 23.2 Å². The van der Waals surface area contributed by atoms with E-state index in [1.54, 1.807) is 30.2 Å². The third kappa shape index (κ3) is 3.06. The van der Waals surface area contributed by atoms with Gasteiger partial charge in [-0.1, -0.05) is 6.07 Å². The van der Waals surface area contributed by atoms with Crippen LogP contribution in [0.1, 0.15) is 16.5 Å². The Balaban J connectivity index is 2.14. The number of aromatic nitrogens is 1. The van der Waals surface area contributed by atoms with E-state index >= 15 is 0 Å². The summed E-state index contributed by atoms with van der Waals surface area (Å²) >= 11 is 4.96. The van der Waals surface area contributed by atoms with E-state index in [9.17, 15) is 5.11 Å². The molecule has 1 N–H and O–H groups in total. The molecule has 0 aliphatic carbocycles. The van der Waals surface area contributed by atoms with Gasteiger partial charge in [0.25, 0.3) is 0 Å². The normalized spacial score (nSPS) is 12.4. The van der Waals surface area contributed by atoms with E-state index in [1.165, 1.54) is 0 Å². The molecule has 1 heterocycles. The number of aliphatic hydroxyl groups excluding tert-OH is 1. The summed E-state index contributed by atoms with van der Waals surface area (Å²) in [7, 11) is 1.62. The van der Waals surface area contributed by atoms with Crippen molar-refractivity contribution in [1.82, 2.24) is 4.98 Å². The van der Waals surface area contributed by atoms with E-state index in [1.807, 2.05) is 18.2 Å². The summed E-state index contributed by atoms with van der Waals surface area (Å²) in [6.07, 6.45) is 1.85. The van der Waals surface area contributed by atoms with Crippen molar-refractivity contribution in [2.75, 3.05) is 7.11 Å². The molecule has 2 rings (SSSR count). The molecule has 2 aromatic rings. The van der Waals surface area contributed by atoms with Crippen molar-refractivity contribution >= 4 is 27.3 Å². The highest BCUT2D eigenvalue weighted by molar-refractivity contribution is 9.10. The quantitative estimate of drug-likeness (QED) is 0.942. The molecule has 0 fully saturated rings. The minimum Gasteiger partial charge on any atom is -0.496 e. The van der Waals surface area contributed by atoms with Crippen LogP contribution in [-0.2, 0) is 6.42 Å². The van der Waals surface area contributed by atoms with Crippen LogP contribution in [0.25, 0.3) is 0 Å². The van der Waals surface area contributed by atoms with Gasteiger partial charge in [0, 0.05) is 17.5 Å². The Bertz CT molecular complexity index is 487. The van der Waals surface area contributed by atoms with Gasteiger partial charge in [0.15, 0.2) is 0 Å². The fourth-order valence-corrected chi connectivity index (χ4v) is 2.73. The number of aliphatic hydroxyl groups is 1. The standard InChI is InChI=1S/C12H12BrNO2S/c1-16-12-3-2-8(4-10(12)13)11(15)5-9-6-14-7-17-9/h2-4,6-7,11,15H,5H2,1H3. The van der Waals surface area contributed by atoms with Crippen LogP contribution < -0.4 is 4.74 Å². The average Bonchev–Trinajstić information content (AvgIpc) is 2.81. The van der Waals surface area contributed by atoms with Crippen molar-refractivity contribution < 1.29 is 9.84 Å². The number of hydrogen-bond acceptors (Lipinski definition) is 4. The van der Waals surface area contributed by atoms with Crippen molar-refractivity contribution in [3.05, 3.63) is 44.8 Å². The summed E-state index contributed by atoms with van der Waals surface area (Å²) in [4.78, 5) is 5.07. The van der Waals surface area contributed by atoms with Crippen molar-refractivity contribution in [2.24, 2.45) is 0 Å². The highest BCUT2D eigenvalue weighted by Gasteiger charge is 2.11. The van der Waals surface area contributed by atoms with Crippen LogP contribution in [0, 0.1) is 0 Å². The maximum atomic E-state index is 10.1. The Morgan fingerprint density at radius 2 is 2.35 bits per heavy atom. The van der Waals surface area contributed by atoms with E-state index in [-0.39, 0.29) is 0 Å². The molecule has 0 amide bonds. The summed E-state index contributed by atoms with van der Waals surface area (Å²) in [6.45, 7) is 0. The summed E-state index contributed by atoms with van der Waals surface area (Å²) in [5.74, 6) is 0.763. The molecule has 0 aliphatic rings. The summed E-state index contributed by atoms with van der Waals surface area (Å²) in [5.41, 5.74) is 2.64. The maximum Gasteiger partial charge on any atom is 0.133 e. The fourth-order valence-electron chi connectivity index (χ4n) is 1.54.